The average molecular weight is 531 g/mol. The van der Waals surface area contributed by atoms with E-state index in [1.165, 1.54) is 41.5 Å². The van der Waals surface area contributed by atoms with E-state index in [0.717, 1.165) is 0 Å². The van der Waals surface area contributed by atoms with Crippen LogP contribution in [0.5, 0.6) is 0 Å². The molecule has 6 heterocycles. The number of hydrogen-bond donors (Lipinski definition) is 4. The summed E-state index contributed by atoms with van der Waals surface area (Å²) in [6.45, 7) is 8.42. The molecule has 37 heavy (non-hydrogen) atoms. The minimum Gasteiger partial charge on any atom is -0.388 e. The van der Waals surface area contributed by atoms with Crippen molar-refractivity contribution in [2.24, 2.45) is 0 Å². The fourth-order valence-corrected chi connectivity index (χ4v) is 6.28. The second-order valence-electron chi connectivity index (χ2n) is 12.6. The molecule has 8 atom stereocenters. The molecule has 6 aliphatic heterocycles. The van der Waals surface area contributed by atoms with Crippen molar-refractivity contribution in [1.29, 1.82) is 0 Å². The van der Waals surface area contributed by atoms with E-state index in [4.69, 9.17) is 33.2 Å². The van der Waals surface area contributed by atoms with Gasteiger partial charge in [-0.15, -0.1) is 0 Å². The highest BCUT2D eigenvalue weighted by Gasteiger charge is 2.89. The van der Waals surface area contributed by atoms with E-state index in [2.05, 4.69) is 0 Å². The number of aliphatic hydroxyl groups is 4. The summed E-state index contributed by atoms with van der Waals surface area (Å²) >= 11 is 0. The molecule has 13 nitrogen and oxygen atoms in total. The normalized spacial score (nSPS) is 51.4. The lowest BCUT2D eigenvalue weighted by molar-refractivity contribution is -0.261. The number of carbonyl (C=O) groups excluding carboxylic acids is 2. The molecule has 6 rings (SSSR count). The Morgan fingerprint density at radius 1 is 0.514 bits per heavy atom. The van der Waals surface area contributed by atoms with Crippen LogP contribution in [0.3, 0.4) is 0 Å². The largest absolute Gasteiger partial charge is 0.388 e. The molecule has 0 saturated carbocycles. The summed E-state index contributed by atoms with van der Waals surface area (Å²) in [5.74, 6) is -3.19. The monoisotopic (exact) mass is 530 g/mol. The Kier molecular flexibility index (Phi) is 4.60. The van der Waals surface area contributed by atoms with Gasteiger partial charge < -0.3 is 53.6 Å². The van der Waals surface area contributed by atoms with E-state index < -0.39 is 67.9 Å². The minimum absolute atomic E-state index is 0.0109. The summed E-state index contributed by atoms with van der Waals surface area (Å²) in [5, 5.41) is 48.1. The highest BCUT2D eigenvalue weighted by molar-refractivity contribution is 5.98. The van der Waals surface area contributed by atoms with Crippen molar-refractivity contribution in [3.8, 4) is 0 Å². The molecule has 0 aromatic heterocycles. The lowest BCUT2D eigenvalue weighted by atomic mass is 9.61. The Morgan fingerprint density at radius 2 is 0.703 bits per heavy atom. The molecule has 0 amide bonds. The number of ether oxygens (including phenoxy) is 7. The van der Waals surface area contributed by atoms with Crippen molar-refractivity contribution in [3.05, 3.63) is 0 Å². The van der Waals surface area contributed by atoms with Crippen molar-refractivity contribution < 1.29 is 63.2 Å². The Morgan fingerprint density at radius 3 is 0.865 bits per heavy atom. The molecule has 13 heteroatoms. The quantitative estimate of drug-likeness (QED) is 0.134. The van der Waals surface area contributed by atoms with Crippen LogP contribution in [0, 0.1) is 0 Å². The van der Waals surface area contributed by atoms with Crippen LogP contribution in [-0.4, -0.2) is 128 Å². The van der Waals surface area contributed by atoms with Crippen molar-refractivity contribution in [1.82, 2.24) is 0 Å². The number of rotatable bonds is 10. The summed E-state index contributed by atoms with van der Waals surface area (Å²) in [6.07, 6.45) is 0. The smallest absolute Gasteiger partial charge is 0.352 e. The summed E-state index contributed by atoms with van der Waals surface area (Å²) in [6, 6.07) is 0. The molecule has 0 bridgehead atoms. The summed E-state index contributed by atoms with van der Waals surface area (Å²) < 4.78 is 37.9. The van der Waals surface area contributed by atoms with Crippen LogP contribution in [0.15, 0.2) is 0 Å². The zero-order valence-electron chi connectivity index (χ0n) is 21.7. The van der Waals surface area contributed by atoms with Crippen LogP contribution < -0.4 is 0 Å². The summed E-state index contributed by atoms with van der Waals surface area (Å²) in [5.41, 5.74) is -19.7. The van der Waals surface area contributed by atoms with Gasteiger partial charge in [0.1, 0.15) is 33.6 Å². The third kappa shape index (κ3) is 2.73. The first-order chi connectivity index (χ1) is 16.8. The summed E-state index contributed by atoms with van der Waals surface area (Å²) in [7, 11) is 0. The van der Waals surface area contributed by atoms with Crippen molar-refractivity contribution in [2.45, 2.75) is 97.6 Å². The molecule has 208 valence electrons. The van der Waals surface area contributed by atoms with Gasteiger partial charge in [0, 0.05) is 0 Å². The van der Waals surface area contributed by atoms with E-state index in [1.807, 2.05) is 0 Å². The molecule has 6 aliphatic rings. The molecule has 4 N–H and O–H groups in total. The predicted molar refractivity (Wildman–Crippen MR) is 117 cm³/mol. The highest BCUT2D eigenvalue weighted by Crippen LogP contribution is 2.63. The summed E-state index contributed by atoms with van der Waals surface area (Å²) in [4.78, 5) is 27.7. The van der Waals surface area contributed by atoms with E-state index in [1.54, 1.807) is 0 Å². The number of esters is 2. The lowest BCUT2D eigenvalue weighted by Crippen LogP contribution is -2.80. The van der Waals surface area contributed by atoms with E-state index in [0.29, 0.717) is 0 Å². The predicted octanol–water partition coefficient (Wildman–Crippen LogP) is -2.29. The molecule has 0 aromatic rings. The van der Waals surface area contributed by atoms with Crippen LogP contribution in [0.1, 0.15) is 41.5 Å². The average Bonchev–Trinajstić information content (AvgIpc) is 3.64. The number of carbonyl (C=O) groups is 2. The van der Waals surface area contributed by atoms with E-state index in [-0.39, 0.29) is 39.6 Å². The Hall–Kier alpha value is -1.26. The first kappa shape index (κ1) is 26.0. The third-order valence-corrected chi connectivity index (χ3v) is 9.88. The van der Waals surface area contributed by atoms with Gasteiger partial charge in [0.2, 0.25) is 11.2 Å². The van der Waals surface area contributed by atoms with E-state index in [9.17, 15) is 30.0 Å². The second-order valence-corrected chi connectivity index (χ2v) is 12.6. The Bertz CT molecular complexity index is 956. The van der Waals surface area contributed by atoms with Gasteiger partial charge in [-0.05, 0) is 41.5 Å². The zero-order chi connectivity index (χ0) is 27.3. The molecule has 0 aromatic carbocycles. The molecular weight excluding hydrogens is 496 g/mol. The van der Waals surface area contributed by atoms with Gasteiger partial charge in [-0.1, -0.05) is 0 Å². The maximum absolute atomic E-state index is 13.9. The second kappa shape index (κ2) is 6.54. The first-order valence-electron chi connectivity index (χ1n) is 12.3. The molecule has 0 radical (unpaired) electrons. The SMILES string of the molecule is CC1(C(O)(C(=O)OC(=O)C(O)(C2(C)CO2)C(O)(C2(C)CO2)C2(C)CO2)C(O)(C2(C)CO2)C2(C)CO2)CO1. The maximum Gasteiger partial charge on any atom is 0.352 e. The van der Waals surface area contributed by atoms with Gasteiger partial charge in [-0.2, -0.15) is 0 Å². The van der Waals surface area contributed by atoms with Gasteiger partial charge in [0.15, 0.2) is 11.2 Å². The molecule has 6 fully saturated rings. The first-order valence-corrected chi connectivity index (χ1v) is 12.3. The molecule has 0 spiro atoms. The molecule has 8 unspecified atom stereocenters. The highest BCUT2D eigenvalue weighted by atomic mass is 16.7. The lowest BCUT2D eigenvalue weighted by Gasteiger charge is -2.50. The van der Waals surface area contributed by atoms with Crippen LogP contribution in [0.4, 0.5) is 0 Å². The van der Waals surface area contributed by atoms with Gasteiger partial charge in [0.25, 0.3) is 0 Å². The van der Waals surface area contributed by atoms with Crippen molar-refractivity contribution in [3.63, 3.8) is 0 Å². The fourth-order valence-electron chi connectivity index (χ4n) is 6.28. The Labute approximate surface area is 212 Å². The third-order valence-electron chi connectivity index (χ3n) is 9.88. The molecular formula is C24H34O13. The van der Waals surface area contributed by atoms with Crippen LogP contribution in [0.25, 0.3) is 0 Å². The fraction of sp³-hybridized carbons (Fsp3) is 0.917. The van der Waals surface area contributed by atoms with Crippen molar-refractivity contribution >= 4 is 11.9 Å². The van der Waals surface area contributed by atoms with Gasteiger partial charge in [-0.25, -0.2) is 9.59 Å². The standard InChI is InChI=1S/C24H34O13/c1-15(7-31-15)21(27,23(29,17(3)9-33-17)18(4)10-34-18)13(25)37-14(26)22(28,16(2)8-32-16)24(30,19(5)11-35-19)20(6)12-36-20/h27-30H,7-12H2,1-6H3. The van der Waals surface area contributed by atoms with Crippen LogP contribution >= 0.6 is 0 Å². The topological polar surface area (TPSA) is 199 Å². The van der Waals surface area contributed by atoms with Crippen molar-refractivity contribution in [2.75, 3.05) is 39.6 Å². The van der Waals surface area contributed by atoms with Gasteiger partial charge >= 0.3 is 11.9 Å². The molecule has 6 saturated heterocycles. The molecule has 0 aliphatic carbocycles. The minimum atomic E-state index is -2.88. The number of hydrogen-bond acceptors (Lipinski definition) is 13. The number of epoxide rings is 6. The van der Waals surface area contributed by atoms with Gasteiger partial charge in [0.05, 0.1) is 39.6 Å². The Balaban J connectivity index is 1.42. The van der Waals surface area contributed by atoms with Gasteiger partial charge in [-0.3, -0.25) is 0 Å². The maximum atomic E-state index is 13.9. The van der Waals surface area contributed by atoms with Crippen LogP contribution in [-0.2, 0) is 42.7 Å². The van der Waals surface area contributed by atoms with Crippen LogP contribution in [0.2, 0.25) is 0 Å². The van der Waals surface area contributed by atoms with E-state index >= 15 is 0 Å². The zero-order valence-corrected chi connectivity index (χ0v) is 21.7.